The first kappa shape index (κ1) is 11.3. The zero-order valence-electron chi connectivity index (χ0n) is 10.6. The lowest BCUT2D eigenvalue weighted by molar-refractivity contribution is 0.242. The molecule has 0 fully saturated rings. The second-order valence-electron chi connectivity index (χ2n) is 4.93. The summed E-state index contributed by atoms with van der Waals surface area (Å²) in [5, 5.41) is 4.43. The molecule has 0 amide bonds. The van der Waals surface area contributed by atoms with Crippen LogP contribution in [-0.4, -0.2) is 21.2 Å². The van der Waals surface area contributed by atoms with E-state index in [9.17, 15) is 0 Å². The zero-order chi connectivity index (χ0) is 12.5. The summed E-state index contributed by atoms with van der Waals surface area (Å²) < 4.78 is 1.85. The van der Waals surface area contributed by atoms with Gasteiger partial charge in [-0.1, -0.05) is 12.1 Å². The molecule has 0 atom stereocenters. The molecule has 4 nitrogen and oxygen atoms in total. The van der Waals surface area contributed by atoms with Gasteiger partial charge in [0.1, 0.15) is 0 Å². The minimum absolute atomic E-state index is 0.912. The Morgan fingerprint density at radius 2 is 2.22 bits per heavy atom. The van der Waals surface area contributed by atoms with E-state index < -0.39 is 0 Å². The maximum absolute atomic E-state index is 6.01. The number of nitrogens with zero attached hydrogens (tertiary/aromatic N) is 3. The lowest BCUT2D eigenvalue weighted by Crippen LogP contribution is -2.30. The fourth-order valence-electron chi connectivity index (χ4n) is 2.61. The van der Waals surface area contributed by atoms with Crippen molar-refractivity contribution in [1.29, 1.82) is 0 Å². The van der Waals surface area contributed by atoms with Crippen LogP contribution in [0.25, 0.3) is 0 Å². The smallest absolute Gasteiger partial charge is 0.0764 e. The van der Waals surface area contributed by atoms with Crippen LogP contribution in [0, 0.1) is 0 Å². The molecule has 0 saturated heterocycles. The highest BCUT2D eigenvalue weighted by Gasteiger charge is 2.18. The summed E-state index contributed by atoms with van der Waals surface area (Å²) in [5.74, 6) is 0. The van der Waals surface area contributed by atoms with E-state index in [1.54, 1.807) is 0 Å². The molecular weight excluding hydrogens is 224 g/mol. The third-order valence-corrected chi connectivity index (χ3v) is 3.54. The Hall–Kier alpha value is -1.81. The summed E-state index contributed by atoms with van der Waals surface area (Å²) in [6.07, 6.45) is 3.03. The summed E-state index contributed by atoms with van der Waals surface area (Å²) >= 11 is 0. The van der Waals surface area contributed by atoms with Gasteiger partial charge in [-0.25, -0.2) is 0 Å². The minimum Gasteiger partial charge on any atom is -0.398 e. The second kappa shape index (κ2) is 4.46. The number of hydrogen-bond acceptors (Lipinski definition) is 3. The number of nitrogens with two attached hydrogens (primary N) is 1. The maximum Gasteiger partial charge on any atom is 0.0764 e. The van der Waals surface area contributed by atoms with Crippen molar-refractivity contribution >= 4 is 5.69 Å². The number of aromatic nitrogens is 2. The SMILES string of the molecule is Cn1ccc(CN2CCc3c(N)cccc3C2)n1. The van der Waals surface area contributed by atoms with Crippen LogP contribution in [0.5, 0.6) is 0 Å². The molecule has 18 heavy (non-hydrogen) atoms. The van der Waals surface area contributed by atoms with Crippen LogP contribution in [0.1, 0.15) is 16.8 Å². The average molecular weight is 242 g/mol. The van der Waals surface area contributed by atoms with E-state index in [0.717, 1.165) is 37.4 Å². The molecule has 3 rings (SSSR count). The van der Waals surface area contributed by atoms with E-state index in [4.69, 9.17) is 5.73 Å². The summed E-state index contributed by atoms with van der Waals surface area (Å²) in [7, 11) is 1.95. The standard InChI is InChI=1S/C14H18N4/c1-17-7-5-12(16-17)10-18-8-6-13-11(9-18)3-2-4-14(13)15/h2-5,7H,6,8-10,15H2,1H3. The third kappa shape index (κ3) is 2.11. The highest BCUT2D eigenvalue weighted by Crippen LogP contribution is 2.24. The number of fused-ring (bicyclic) bond motifs is 1. The molecule has 0 spiro atoms. The second-order valence-corrected chi connectivity index (χ2v) is 4.93. The fraction of sp³-hybridized carbons (Fsp3) is 0.357. The van der Waals surface area contributed by atoms with Crippen LogP contribution in [0.3, 0.4) is 0 Å². The van der Waals surface area contributed by atoms with E-state index in [1.165, 1.54) is 11.1 Å². The Balaban J connectivity index is 1.75. The van der Waals surface area contributed by atoms with Crippen LogP contribution in [-0.2, 0) is 26.6 Å². The van der Waals surface area contributed by atoms with Crippen molar-refractivity contribution in [2.24, 2.45) is 7.05 Å². The monoisotopic (exact) mass is 242 g/mol. The summed E-state index contributed by atoms with van der Waals surface area (Å²) in [4.78, 5) is 2.42. The highest BCUT2D eigenvalue weighted by atomic mass is 15.3. The van der Waals surface area contributed by atoms with Crippen molar-refractivity contribution in [3.05, 3.63) is 47.3 Å². The molecule has 0 bridgehead atoms. The first-order valence-corrected chi connectivity index (χ1v) is 6.29. The van der Waals surface area contributed by atoms with Crippen LogP contribution >= 0.6 is 0 Å². The van der Waals surface area contributed by atoms with Crippen molar-refractivity contribution in [2.45, 2.75) is 19.5 Å². The third-order valence-electron chi connectivity index (χ3n) is 3.54. The Labute approximate surface area is 107 Å². The Morgan fingerprint density at radius 3 is 3.00 bits per heavy atom. The number of aryl methyl sites for hydroxylation is 1. The molecule has 2 aromatic rings. The van der Waals surface area contributed by atoms with Crippen LogP contribution in [0.2, 0.25) is 0 Å². The Morgan fingerprint density at radius 1 is 1.33 bits per heavy atom. The fourth-order valence-corrected chi connectivity index (χ4v) is 2.61. The van der Waals surface area contributed by atoms with Gasteiger partial charge in [0.05, 0.1) is 5.69 Å². The normalized spacial score (nSPS) is 15.6. The van der Waals surface area contributed by atoms with Gasteiger partial charge in [-0.2, -0.15) is 5.10 Å². The van der Waals surface area contributed by atoms with Gasteiger partial charge in [0.15, 0.2) is 0 Å². The van der Waals surface area contributed by atoms with Gasteiger partial charge in [-0.05, 0) is 29.7 Å². The van der Waals surface area contributed by atoms with Gasteiger partial charge in [0, 0.05) is 38.6 Å². The van der Waals surface area contributed by atoms with Crippen molar-refractivity contribution in [1.82, 2.24) is 14.7 Å². The topological polar surface area (TPSA) is 47.1 Å². The molecule has 1 aliphatic heterocycles. The van der Waals surface area contributed by atoms with Crippen molar-refractivity contribution in [2.75, 3.05) is 12.3 Å². The molecule has 1 aromatic carbocycles. The van der Waals surface area contributed by atoms with Crippen LogP contribution in [0.4, 0.5) is 5.69 Å². The van der Waals surface area contributed by atoms with E-state index in [-0.39, 0.29) is 0 Å². The predicted molar refractivity (Wildman–Crippen MR) is 71.9 cm³/mol. The van der Waals surface area contributed by atoms with Crippen molar-refractivity contribution in [3.8, 4) is 0 Å². The minimum atomic E-state index is 0.912. The van der Waals surface area contributed by atoms with E-state index in [2.05, 4.69) is 22.1 Å². The molecule has 0 aliphatic carbocycles. The number of hydrogen-bond donors (Lipinski definition) is 1. The number of benzene rings is 1. The molecule has 0 saturated carbocycles. The van der Waals surface area contributed by atoms with Gasteiger partial charge in [-0.3, -0.25) is 9.58 Å². The summed E-state index contributed by atoms with van der Waals surface area (Å²) in [5.41, 5.74) is 10.8. The number of nitrogen functional groups attached to an aromatic ring is 1. The molecule has 1 aromatic heterocycles. The number of anilines is 1. The van der Waals surface area contributed by atoms with E-state index >= 15 is 0 Å². The molecule has 4 heteroatoms. The molecule has 0 unspecified atom stereocenters. The molecule has 2 heterocycles. The molecule has 0 radical (unpaired) electrons. The van der Waals surface area contributed by atoms with Crippen LogP contribution < -0.4 is 5.73 Å². The first-order valence-electron chi connectivity index (χ1n) is 6.29. The summed E-state index contributed by atoms with van der Waals surface area (Å²) in [6, 6.07) is 8.29. The zero-order valence-corrected chi connectivity index (χ0v) is 10.6. The average Bonchev–Trinajstić information content (AvgIpc) is 2.75. The van der Waals surface area contributed by atoms with Crippen molar-refractivity contribution in [3.63, 3.8) is 0 Å². The van der Waals surface area contributed by atoms with E-state index in [0.29, 0.717) is 0 Å². The largest absolute Gasteiger partial charge is 0.398 e. The molecule has 94 valence electrons. The summed E-state index contributed by atoms with van der Waals surface area (Å²) in [6.45, 7) is 2.93. The van der Waals surface area contributed by atoms with Crippen LogP contribution in [0.15, 0.2) is 30.5 Å². The molecular formula is C14H18N4. The molecule has 1 aliphatic rings. The van der Waals surface area contributed by atoms with Gasteiger partial charge >= 0.3 is 0 Å². The lowest BCUT2D eigenvalue weighted by atomic mass is 9.98. The number of rotatable bonds is 2. The van der Waals surface area contributed by atoms with E-state index in [1.807, 2.05) is 30.1 Å². The Kier molecular flexibility index (Phi) is 2.80. The van der Waals surface area contributed by atoms with Gasteiger partial charge in [0.25, 0.3) is 0 Å². The van der Waals surface area contributed by atoms with Crippen molar-refractivity contribution < 1.29 is 0 Å². The van der Waals surface area contributed by atoms with Gasteiger partial charge in [0.2, 0.25) is 0 Å². The van der Waals surface area contributed by atoms with Gasteiger partial charge in [-0.15, -0.1) is 0 Å². The molecule has 2 N–H and O–H groups in total. The Bertz CT molecular complexity index is 559. The predicted octanol–water partition coefficient (Wildman–Crippen LogP) is 1.56. The maximum atomic E-state index is 6.01. The first-order chi connectivity index (χ1) is 8.72. The lowest BCUT2D eigenvalue weighted by Gasteiger charge is -2.28. The van der Waals surface area contributed by atoms with Gasteiger partial charge < -0.3 is 5.73 Å². The highest BCUT2D eigenvalue weighted by molar-refractivity contribution is 5.51. The quantitative estimate of drug-likeness (QED) is 0.813.